The number of benzene rings is 2. The fraction of sp³-hybridized carbons (Fsp3) is 0.261. The molecule has 0 spiro atoms. The molecule has 1 atom stereocenters. The lowest BCUT2D eigenvalue weighted by atomic mass is 9.96. The molecule has 0 saturated carbocycles. The van der Waals surface area contributed by atoms with Gasteiger partial charge in [0.05, 0.1) is 25.2 Å². The molecule has 0 bridgehead atoms. The molecule has 1 aliphatic heterocycles. The fourth-order valence-corrected chi connectivity index (χ4v) is 3.84. The maximum absolute atomic E-state index is 13.4. The van der Waals surface area contributed by atoms with Crippen LogP contribution in [0, 0.1) is 11.6 Å². The molecule has 4 N–H and O–H groups in total. The highest BCUT2D eigenvalue weighted by molar-refractivity contribution is 5.94. The number of carbonyl (C=O) groups is 3. The second-order valence-electron chi connectivity index (χ2n) is 8.14. The van der Waals surface area contributed by atoms with Crippen LogP contribution in [-0.4, -0.2) is 37.9 Å². The smallest absolute Gasteiger partial charge is 0.251 e. The Bertz CT molecular complexity index is 1280. The Morgan fingerprint density at radius 2 is 1.97 bits per heavy atom. The predicted molar refractivity (Wildman–Crippen MR) is 118 cm³/mol. The van der Waals surface area contributed by atoms with Crippen molar-refractivity contribution in [1.82, 2.24) is 25.8 Å². The van der Waals surface area contributed by atoms with E-state index in [9.17, 15) is 23.2 Å². The van der Waals surface area contributed by atoms with Crippen LogP contribution in [0.4, 0.5) is 14.5 Å². The zero-order valence-corrected chi connectivity index (χ0v) is 18.4. The van der Waals surface area contributed by atoms with Gasteiger partial charge in [-0.2, -0.15) is 0 Å². The molecule has 10 nitrogen and oxygen atoms in total. The fourth-order valence-electron chi connectivity index (χ4n) is 3.84. The first kappa shape index (κ1) is 24.0. The van der Waals surface area contributed by atoms with Gasteiger partial charge in [-0.05, 0) is 48.2 Å². The molecule has 2 aromatic carbocycles. The molecule has 1 aliphatic rings. The van der Waals surface area contributed by atoms with Crippen LogP contribution in [0.15, 0.2) is 42.6 Å². The first-order chi connectivity index (χ1) is 16.8. The van der Waals surface area contributed by atoms with E-state index in [1.54, 1.807) is 11.7 Å². The molecular formula is C23H22F2N6O4. The summed E-state index contributed by atoms with van der Waals surface area (Å²) >= 11 is 0. The monoisotopic (exact) mass is 484 g/mol. The summed E-state index contributed by atoms with van der Waals surface area (Å²) in [6.45, 7) is -0.0325. The number of fused-ring (bicyclic) bond motifs is 1. The standard InChI is InChI=1S/C23H22F2N6O4/c24-18-4-2-15(9-19(18)25)23(34)26-11-16-12-31(30-28-16)17(10-22(33)29-35)8-13-1-5-20-14(7-13)3-6-21(32)27-20/h1-2,4-5,7,9,12,17,35H,3,6,8,10-11H2,(H,26,34)(H,27,32)(H,29,33). The van der Waals surface area contributed by atoms with Gasteiger partial charge in [0.1, 0.15) is 5.69 Å². The third-order valence-corrected chi connectivity index (χ3v) is 5.63. The van der Waals surface area contributed by atoms with Gasteiger partial charge in [-0.3, -0.25) is 19.6 Å². The Labute approximate surface area is 198 Å². The Kier molecular flexibility index (Phi) is 7.11. The van der Waals surface area contributed by atoms with Crippen LogP contribution in [0.2, 0.25) is 0 Å². The SMILES string of the molecule is O=C(CC(Cc1ccc2c(c1)CCC(=O)N2)n1cc(CNC(=O)c2ccc(F)c(F)c2)nn1)NO. The number of halogens is 2. The van der Waals surface area contributed by atoms with Crippen molar-refractivity contribution in [2.75, 3.05) is 5.32 Å². The van der Waals surface area contributed by atoms with E-state index >= 15 is 0 Å². The zero-order chi connectivity index (χ0) is 24.9. The van der Waals surface area contributed by atoms with Gasteiger partial charge in [0.15, 0.2) is 11.6 Å². The maximum Gasteiger partial charge on any atom is 0.251 e. The van der Waals surface area contributed by atoms with Crippen LogP contribution in [0.1, 0.15) is 46.1 Å². The number of rotatable bonds is 8. The van der Waals surface area contributed by atoms with Crippen LogP contribution in [0.3, 0.4) is 0 Å². The molecule has 1 unspecified atom stereocenters. The summed E-state index contributed by atoms with van der Waals surface area (Å²) in [6.07, 6.45) is 2.86. The third-order valence-electron chi connectivity index (χ3n) is 5.63. The average Bonchev–Trinajstić information content (AvgIpc) is 3.33. The third kappa shape index (κ3) is 5.84. The molecule has 0 saturated heterocycles. The number of nitrogens with zero attached hydrogens (tertiary/aromatic N) is 3. The Balaban J connectivity index is 1.45. The van der Waals surface area contributed by atoms with Crippen molar-refractivity contribution in [1.29, 1.82) is 0 Å². The molecule has 35 heavy (non-hydrogen) atoms. The van der Waals surface area contributed by atoms with Gasteiger partial charge < -0.3 is 10.6 Å². The first-order valence-electron chi connectivity index (χ1n) is 10.8. The van der Waals surface area contributed by atoms with Crippen LogP contribution >= 0.6 is 0 Å². The number of carbonyl (C=O) groups excluding carboxylic acids is 3. The van der Waals surface area contributed by atoms with E-state index in [0.717, 1.165) is 35.0 Å². The van der Waals surface area contributed by atoms with Gasteiger partial charge >= 0.3 is 0 Å². The summed E-state index contributed by atoms with van der Waals surface area (Å²) in [4.78, 5) is 35.7. The molecule has 1 aromatic heterocycles. The molecule has 0 aliphatic carbocycles. The maximum atomic E-state index is 13.4. The van der Waals surface area contributed by atoms with Crippen molar-refractivity contribution in [2.24, 2.45) is 0 Å². The van der Waals surface area contributed by atoms with Gasteiger partial charge in [0.2, 0.25) is 11.8 Å². The van der Waals surface area contributed by atoms with Crippen molar-refractivity contribution in [3.63, 3.8) is 0 Å². The number of hydrogen-bond acceptors (Lipinski definition) is 6. The number of anilines is 1. The van der Waals surface area contributed by atoms with Crippen molar-refractivity contribution in [3.05, 3.63) is 76.6 Å². The second-order valence-corrected chi connectivity index (χ2v) is 8.14. The summed E-state index contributed by atoms with van der Waals surface area (Å²) in [5.41, 5.74) is 4.60. The van der Waals surface area contributed by atoms with Crippen LogP contribution in [0.25, 0.3) is 0 Å². The van der Waals surface area contributed by atoms with Crippen molar-refractivity contribution >= 4 is 23.4 Å². The molecular weight excluding hydrogens is 462 g/mol. The molecule has 3 aromatic rings. The minimum absolute atomic E-state index is 0.0325. The first-order valence-corrected chi connectivity index (χ1v) is 10.8. The Morgan fingerprint density at radius 3 is 2.74 bits per heavy atom. The van der Waals surface area contributed by atoms with E-state index in [1.807, 2.05) is 18.2 Å². The van der Waals surface area contributed by atoms with E-state index in [0.29, 0.717) is 25.0 Å². The minimum atomic E-state index is -1.13. The molecule has 3 amide bonds. The lowest BCUT2D eigenvalue weighted by Crippen LogP contribution is -2.25. The lowest BCUT2D eigenvalue weighted by Gasteiger charge is -2.20. The molecule has 4 rings (SSSR count). The molecule has 0 radical (unpaired) electrons. The van der Waals surface area contributed by atoms with E-state index in [4.69, 9.17) is 5.21 Å². The molecule has 0 fully saturated rings. The molecule has 182 valence electrons. The van der Waals surface area contributed by atoms with Gasteiger partial charge in [-0.1, -0.05) is 17.3 Å². The van der Waals surface area contributed by atoms with E-state index in [1.165, 1.54) is 4.68 Å². The summed E-state index contributed by atoms with van der Waals surface area (Å²) in [6, 6.07) is 7.94. The number of hydrogen-bond donors (Lipinski definition) is 4. The van der Waals surface area contributed by atoms with Crippen molar-refractivity contribution in [3.8, 4) is 0 Å². The van der Waals surface area contributed by atoms with Gasteiger partial charge in [-0.25, -0.2) is 18.9 Å². The molecule has 2 heterocycles. The molecule has 12 heteroatoms. The lowest BCUT2D eigenvalue weighted by molar-refractivity contribution is -0.130. The Morgan fingerprint density at radius 1 is 1.14 bits per heavy atom. The van der Waals surface area contributed by atoms with Crippen LogP contribution < -0.4 is 16.1 Å². The number of nitrogens with one attached hydrogen (secondary N) is 3. The van der Waals surface area contributed by atoms with E-state index in [-0.39, 0.29) is 24.4 Å². The number of hydroxylamine groups is 1. The quantitative estimate of drug-likeness (QED) is 0.285. The van der Waals surface area contributed by atoms with Crippen molar-refractivity contribution in [2.45, 2.75) is 38.3 Å². The van der Waals surface area contributed by atoms with Crippen LogP contribution in [0.5, 0.6) is 0 Å². The van der Waals surface area contributed by atoms with Gasteiger partial charge in [-0.15, -0.1) is 5.10 Å². The average molecular weight is 484 g/mol. The predicted octanol–water partition coefficient (Wildman–Crippen LogP) is 2.05. The number of amides is 3. The Hall–Kier alpha value is -4.19. The topological polar surface area (TPSA) is 138 Å². The highest BCUT2D eigenvalue weighted by Gasteiger charge is 2.21. The van der Waals surface area contributed by atoms with E-state index < -0.39 is 29.5 Å². The summed E-state index contributed by atoms with van der Waals surface area (Å²) < 4.78 is 27.9. The van der Waals surface area contributed by atoms with E-state index in [2.05, 4.69) is 20.9 Å². The van der Waals surface area contributed by atoms with Crippen LogP contribution in [-0.2, 0) is 29.0 Å². The highest BCUT2D eigenvalue weighted by Crippen LogP contribution is 2.26. The van der Waals surface area contributed by atoms with Gasteiger partial charge in [0.25, 0.3) is 5.91 Å². The summed E-state index contributed by atoms with van der Waals surface area (Å²) in [5.74, 6) is -3.43. The largest absolute Gasteiger partial charge is 0.346 e. The number of aromatic nitrogens is 3. The second kappa shape index (κ2) is 10.4. The zero-order valence-electron chi connectivity index (χ0n) is 18.4. The minimum Gasteiger partial charge on any atom is -0.346 e. The number of aryl methyl sites for hydroxylation is 1. The van der Waals surface area contributed by atoms with Crippen molar-refractivity contribution < 1.29 is 28.4 Å². The summed E-state index contributed by atoms with van der Waals surface area (Å²) in [5, 5.41) is 22.4. The normalized spacial score (nSPS) is 13.5. The van der Waals surface area contributed by atoms with Gasteiger partial charge in [0, 0.05) is 17.7 Å². The summed E-state index contributed by atoms with van der Waals surface area (Å²) in [7, 11) is 0. The highest BCUT2D eigenvalue weighted by atomic mass is 19.2.